The van der Waals surface area contributed by atoms with Gasteiger partial charge in [0.15, 0.2) is 0 Å². The van der Waals surface area contributed by atoms with Crippen molar-refractivity contribution in [3.8, 4) is 11.5 Å². The van der Waals surface area contributed by atoms with Gasteiger partial charge in [-0.05, 0) is 48.5 Å². The van der Waals surface area contributed by atoms with Gasteiger partial charge < -0.3 is 15.1 Å². The highest BCUT2D eigenvalue weighted by Crippen LogP contribution is 2.22. The van der Waals surface area contributed by atoms with Gasteiger partial charge in [0, 0.05) is 47.5 Å². The van der Waals surface area contributed by atoms with Crippen LogP contribution >= 0.6 is 23.5 Å². The summed E-state index contributed by atoms with van der Waals surface area (Å²) in [6.45, 7) is 2.67. The Hall–Kier alpha value is -1.39. The van der Waals surface area contributed by atoms with Crippen LogP contribution in [0.1, 0.15) is 0 Å². The van der Waals surface area contributed by atoms with Gasteiger partial charge in [0.1, 0.15) is 11.5 Å². The average molecular weight is 443 g/mol. The van der Waals surface area contributed by atoms with Crippen molar-refractivity contribution < 1.29 is 18.6 Å². The molecule has 2 rings (SSSR count). The van der Waals surface area contributed by atoms with E-state index < -0.39 is 10.0 Å². The number of aromatic hydroxyl groups is 2. The van der Waals surface area contributed by atoms with Crippen LogP contribution in [0.3, 0.4) is 0 Å². The summed E-state index contributed by atoms with van der Waals surface area (Å²) >= 11 is 3.40. The van der Waals surface area contributed by atoms with Gasteiger partial charge in [0.25, 0.3) is 0 Å². The van der Waals surface area contributed by atoms with Crippen molar-refractivity contribution in [1.82, 2.24) is 9.62 Å². The van der Waals surface area contributed by atoms with E-state index in [1.807, 2.05) is 24.3 Å². The van der Waals surface area contributed by atoms with Gasteiger partial charge in [-0.3, -0.25) is 0 Å². The SMILES string of the molecule is CS(=O)(=O)NCCN(CCSc1ccc(O)cc1)CCSc1ccc(O)cc1. The Kier molecular flexibility index (Phi) is 9.46. The standard InChI is InChI=1S/C19H26N2O4S3/c1-28(24,25)20-10-11-21(12-14-26-18-6-2-16(22)3-7-18)13-15-27-19-8-4-17(23)5-9-19/h2-9,20,22-23H,10-15H2,1H3. The highest BCUT2D eigenvalue weighted by molar-refractivity contribution is 7.99. The number of benzene rings is 2. The Balaban J connectivity index is 1.80. The second-order valence-corrected chi connectivity index (χ2v) is 10.4. The summed E-state index contributed by atoms with van der Waals surface area (Å²) in [5.41, 5.74) is 0. The number of hydrogen-bond donors (Lipinski definition) is 3. The number of nitrogens with one attached hydrogen (secondary N) is 1. The van der Waals surface area contributed by atoms with Crippen molar-refractivity contribution in [2.24, 2.45) is 0 Å². The van der Waals surface area contributed by atoms with Crippen LogP contribution in [0.4, 0.5) is 0 Å². The number of nitrogens with zero attached hydrogens (tertiary/aromatic N) is 1. The highest BCUT2D eigenvalue weighted by atomic mass is 32.2. The maximum Gasteiger partial charge on any atom is 0.208 e. The molecule has 0 fully saturated rings. The van der Waals surface area contributed by atoms with E-state index in [0.29, 0.717) is 13.1 Å². The molecule has 0 amide bonds. The molecule has 28 heavy (non-hydrogen) atoms. The zero-order chi connectivity index (χ0) is 20.4. The van der Waals surface area contributed by atoms with Gasteiger partial charge in [0.2, 0.25) is 10.0 Å². The van der Waals surface area contributed by atoms with E-state index in [1.165, 1.54) is 6.26 Å². The first kappa shape index (κ1) is 22.9. The highest BCUT2D eigenvalue weighted by Gasteiger charge is 2.08. The van der Waals surface area contributed by atoms with Crippen LogP contribution in [0.2, 0.25) is 0 Å². The van der Waals surface area contributed by atoms with Crippen molar-refractivity contribution in [2.75, 3.05) is 43.9 Å². The largest absolute Gasteiger partial charge is 0.508 e. The minimum absolute atomic E-state index is 0.254. The molecule has 0 aliphatic carbocycles. The molecule has 0 radical (unpaired) electrons. The first-order valence-corrected chi connectivity index (χ1v) is 12.7. The predicted octanol–water partition coefficient (Wildman–Crippen LogP) is 2.83. The van der Waals surface area contributed by atoms with Crippen LogP contribution in [0.25, 0.3) is 0 Å². The normalized spacial score (nSPS) is 11.8. The van der Waals surface area contributed by atoms with Crippen LogP contribution in [0.15, 0.2) is 58.3 Å². The van der Waals surface area contributed by atoms with E-state index in [9.17, 15) is 18.6 Å². The van der Waals surface area contributed by atoms with E-state index in [0.717, 1.165) is 34.4 Å². The molecule has 0 bridgehead atoms. The van der Waals surface area contributed by atoms with Crippen molar-refractivity contribution >= 4 is 33.5 Å². The van der Waals surface area contributed by atoms with Crippen molar-refractivity contribution in [3.05, 3.63) is 48.5 Å². The number of thioether (sulfide) groups is 2. The third kappa shape index (κ3) is 9.70. The molecule has 0 saturated carbocycles. The molecule has 0 spiro atoms. The van der Waals surface area contributed by atoms with E-state index in [2.05, 4.69) is 9.62 Å². The molecule has 6 nitrogen and oxygen atoms in total. The average Bonchev–Trinajstić information content (AvgIpc) is 2.63. The minimum Gasteiger partial charge on any atom is -0.508 e. The van der Waals surface area contributed by atoms with Gasteiger partial charge in [-0.25, -0.2) is 13.1 Å². The van der Waals surface area contributed by atoms with Gasteiger partial charge >= 0.3 is 0 Å². The number of hydrogen-bond acceptors (Lipinski definition) is 7. The van der Waals surface area contributed by atoms with Gasteiger partial charge in [0.05, 0.1) is 6.26 Å². The Morgan fingerprint density at radius 3 is 1.64 bits per heavy atom. The topological polar surface area (TPSA) is 89.9 Å². The Labute approximate surface area is 175 Å². The summed E-state index contributed by atoms with van der Waals surface area (Å²) in [6.07, 6.45) is 1.17. The first-order chi connectivity index (χ1) is 13.3. The molecule has 2 aromatic rings. The zero-order valence-electron chi connectivity index (χ0n) is 15.7. The third-order valence-electron chi connectivity index (χ3n) is 3.82. The van der Waals surface area contributed by atoms with Crippen molar-refractivity contribution in [1.29, 1.82) is 0 Å². The Morgan fingerprint density at radius 1 is 0.821 bits per heavy atom. The number of rotatable bonds is 12. The quantitative estimate of drug-likeness (QED) is 0.436. The molecule has 0 aromatic heterocycles. The van der Waals surface area contributed by atoms with Crippen LogP contribution in [-0.4, -0.2) is 67.5 Å². The molecule has 0 saturated heterocycles. The molecule has 0 unspecified atom stereocenters. The van der Waals surface area contributed by atoms with E-state index >= 15 is 0 Å². The Morgan fingerprint density at radius 2 is 1.25 bits per heavy atom. The monoisotopic (exact) mass is 442 g/mol. The van der Waals surface area contributed by atoms with Gasteiger partial charge in [-0.1, -0.05) is 0 Å². The van der Waals surface area contributed by atoms with E-state index in [1.54, 1.807) is 47.8 Å². The lowest BCUT2D eigenvalue weighted by Crippen LogP contribution is -2.37. The maximum atomic E-state index is 11.3. The third-order valence-corrected chi connectivity index (χ3v) is 6.53. The molecule has 154 valence electrons. The van der Waals surface area contributed by atoms with Crippen LogP contribution in [-0.2, 0) is 10.0 Å². The minimum atomic E-state index is -3.19. The summed E-state index contributed by atoms with van der Waals surface area (Å²) < 4.78 is 25.1. The molecule has 0 heterocycles. The lowest BCUT2D eigenvalue weighted by molar-refractivity contribution is 0.314. The summed E-state index contributed by atoms with van der Waals surface area (Å²) in [6, 6.07) is 14.2. The molecule has 3 N–H and O–H groups in total. The predicted molar refractivity (Wildman–Crippen MR) is 117 cm³/mol. The molecule has 0 aliphatic rings. The summed E-state index contributed by atoms with van der Waals surface area (Å²) in [5, 5.41) is 18.7. The molecular formula is C19H26N2O4S3. The lowest BCUT2D eigenvalue weighted by Gasteiger charge is -2.22. The fourth-order valence-electron chi connectivity index (χ4n) is 2.39. The summed E-state index contributed by atoms with van der Waals surface area (Å²) in [5.74, 6) is 2.24. The molecule has 9 heteroatoms. The number of sulfonamides is 1. The van der Waals surface area contributed by atoms with Crippen molar-refractivity contribution in [2.45, 2.75) is 9.79 Å². The molecule has 0 aliphatic heterocycles. The summed E-state index contributed by atoms with van der Waals surface area (Å²) in [7, 11) is -3.19. The molecular weight excluding hydrogens is 416 g/mol. The van der Waals surface area contributed by atoms with Crippen LogP contribution in [0, 0.1) is 0 Å². The fourth-order valence-corrected chi connectivity index (χ4v) is 4.68. The van der Waals surface area contributed by atoms with Crippen LogP contribution in [0.5, 0.6) is 11.5 Å². The van der Waals surface area contributed by atoms with Crippen LogP contribution < -0.4 is 4.72 Å². The number of phenols is 2. The van der Waals surface area contributed by atoms with E-state index in [4.69, 9.17) is 0 Å². The zero-order valence-corrected chi connectivity index (χ0v) is 18.2. The van der Waals surface area contributed by atoms with Gasteiger partial charge in [-0.15, -0.1) is 23.5 Å². The molecule has 0 atom stereocenters. The molecule has 2 aromatic carbocycles. The maximum absolute atomic E-state index is 11.3. The number of phenolic OH excluding ortho intramolecular Hbond substituents is 2. The van der Waals surface area contributed by atoms with E-state index in [-0.39, 0.29) is 11.5 Å². The van der Waals surface area contributed by atoms with Crippen molar-refractivity contribution in [3.63, 3.8) is 0 Å². The second-order valence-electron chi connectivity index (χ2n) is 6.19. The lowest BCUT2D eigenvalue weighted by atomic mass is 10.3. The fraction of sp³-hybridized carbons (Fsp3) is 0.368. The summed E-state index contributed by atoms with van der Waals surface area (Å²) in [4.78, 5) is 4.41. The second kappa shape index (κ2) is 11.6. The Bertz CT molecular complexity index is 761. The smallest absolute Gasteiger partial charge is 0.208 e. The van der Waals surface area contributed by atoms with Gasteiger partial charge in [-0.2, -0.15) is 0 Å². The first-order valence-electron chi connectivity index (χ1n) is 8.82.